The molecule has 0 saturated carbocycles. The maximum atomic E-state index is 5.70. The maximum Gasteiger partial charge on any atom is 0.236 e. The van der Waals surface area contributed by atoms with Crippen LogP contribution in [0.3, 0.4) is 0 Å². The minimum absolute atomic E-state index is 0.671. The molecule has 0 saturated heterocycles. The lowest BCUT2D eigenvalue weighted by atomic mass is 10.1. The van der Waals surface area contributed by atoms with Crippen molar-refractivity contribution in [3.63, 3.8) is 0 Å². The largest absolute Gasteiger partial charge is 0.444 e. The molecule has 0 aliphatic carbocycles. The first kappa shape index (κ1) is 11.0. The lowest BCUT2D eigenvalue weighted by molar-refractivity contribution is 0.576. The third kappa shape index (κ3) is 1.91. The van der Waals surface area contributed by atoms with Crippen molar-refractivity contribution in [2.45, 2.75) is 6.92 Å². The molecule has 2 N–H and O–H groups in total. The molecule has 0 fully saturated rings. The molecule has 0 atom stereocenters. The number of aryl methyl sites for hydroxylation is 1. The first-order valence-corrected chi connectivity index (χ1v) is 6.42. The second-order valence-electron chi connectivity index (χ2n) is 4.08. The number of aromatic nitrogens is 1. The summed E-state index contributed by atoms with van der Waals surface area (Å²) < 4.78 is 5.32. The Kier molecular flexibility index (Phi) is 2.64. The van der Waals surface area contributed by atoms with E-state index >= 15 is 0 Å². The standard InChI is InChI=1S/C14H12N2OS/c1-9-8-12(14-16-6-7-17-14)18-13(9)10-2-4-11(15)5-3-10/h2-8H,15H2,1H3. The van der Waals surface area contributed by atoms with Gasteiger partial charge in [0.05, 0.1) is 11.1 Å². The highest BCUT2D eigenvalue weighted by atomic mass is 32.1. The van der Waals surface area contributed by atoms with Crippen LogP contribution in [0.5, 0.6) is 0 Å². The van der Waals surface area contributed by atoms with E-state index in [1.807, 2.05) is 24.3 Å². The second kappa shape index (κ2) is 4.31. The van der Waals surface area contributed by atoms with Crippen molar-refractivity contribution in [3.8, 4) is 21.2 Å². The summed E-state index contributed by atoms with van der Waals surface area (Å²) in [6.45, 7) is 2.09. The van der Waals surface area contributed by atoms with Crippen LogP contribution in [0.4, 0.5) is 5.69 Å². The molecule has 2 heterocycles. The zero-order valence-corrected chi connectivity index (χ0v) is 10.7. The molecule has 3 rings (SSSR count). The Labute approximate surface area is 109 Å². The molecular formula is C14H12N2OS. The maximum absolute atomic E-state index is 5.70. The number of hydrogen-bond donors (Lipinski definition) is 1. The van der Waals surface area contributed by atoms with E-state index < -0.39 is 0 Å². The number of anilines is 1. The minimum atomic E-state index is 0.671. The Morgan fingerprint density at radius 2 is 2.00 bits per heavy atom. The fourth-order valence-corrected chi connectivity index (χ4v) is 2.97. The summed E-state index contributed by atoms with van der Waals surface area (Å²) >= 11 is 1.68. The van der Waals surface area contributed by atoms with Crippen molar-refractivity contribution in [2.24, 2.45) is 0 Å². The first-order chi connectivity index (χ1) is 8.74. The quantitative estimate of drug-likeness (QED) is 0.706. The molecule has 0 amide bonds. The number of oxazole rings is 1. The molecule has 0 aliphatic rings. The van der Waals surface area contributed by atoms with Crippen LogP contribution in [0.1, 0.15) is 5.56 Å². The third-order valence-electron chi connectivity index (χ3n) is 2.73. The van der Waals surface area contributed by atoms with E-state index in [4.69, 9.17) is 10.2 Å². The number of hydrogen-bond acceptors (Lipinski definition) is 4. The van der Waals surface area contributed by atoms with E-state index in [9.17, 15) is 0 Å². The van der Waals surface area contributed by atoms with E-state index in [0.29, 0.717) is 5.89 Å². The summed E-state index contributed by atoms with van der Waals surface area (Å²) in [6, 6.07) is 10.0. The van der Waals surface area contributed by atoms with Crippen LogP contribution in [0.15, 0.2) is 47.2 Å². The van der Waals surface area contributed by atoms with Gasteiger partial charge in [-0.15, -0.1) is 11.3 Å². The Morgan fingerprint density at radius 3 is 2.67 bits per heavy atom. The van der Waals surface area contributed by atoms with Crippen LogP contribution in [-0.4, -0.2) is 4.98 Å². The van der Waals surface area contributed by atoms with Gasteiger partial charge in [0.2, 0.25) is 5.89 Å². The smallest absolute Gasteiger partial charge is 0.236 e. The average molecular weight is 256 g/mol. The van der Waals surface area contributed by atoms with Crippen LogP contribution >= 0.6 is 11.3 Å². The highest BCUT2D eigenvalue weighted by Crippen LogP contribution is 2.37. The Balaban J connectivity index is 2.06. The van der Waals surface area contributed by atoms with Crippen LogP contribution in [-0.2, 0) is 0 Å². The van der Waals surface area contributed by atoms with Gasteiger partial charge >= 0.3 is 0 Å². The summed E-state index contributed by atoms with van der Waals surface area (Å²) in [7, 11) is 0. The van der Waals surface area contributed by atoms with Gasteiger partial charge in [-0.2, -0.15) is 0 Å². The number of nitrogens with two attached hydrogens (primary N) is 1. The molecule has 0 spiro atoms. The van der Waals surface area contributed by atoms with E-state index in [-0.39, 0.29) is 0 Å². The van der Waals surface area contributed by atoms with Gasteiger partial charge in [0.25, 0.3) is 0 Å². The van der Waals surface area contributed by atoms with Crippen molar-refractivity contribution in [3.05, 3.63) is 48.4 Å². The van der Waals surface area contributed by atoms with Crippen molar-refractivity contribution >= 4 is 17.0 Å². The molecule has 3 aromatic rings. The lowest BCUT2D eigenvalue weighted by Crippen LogP contribution is -1.83. The molecule has 18 heavy (non-hydrogen) atoms. The molecular weight excluding hydrogens is 244 g/mol. The van der Waals surface area contributed by atoms with Gasteiger partial charge in [-0.05, 0) is 36.2 Å². The molecule has 0 radical (unpaired) electrons. The zero-order valence-electron chi connectivity index (χ0n) is 9.88. The first-order valence-electron chi connectivity index (χ1n) is 5.60. The Hall–Kier alpha value is -2.07. The zero-order chi connectivity index (χ0) is 12.5. The lowest BCUT2D eigenvalue weighted by Gasteiger charge is -1.99. The molecule has 1 aromatic carbocycles. The predicted octanol–water partition coefficient (Wildman–Crippen LogP) is 3.96. The molecule has 3 nitrogen and oxygen atoms in total. The van der Waals surface area contributed by atoms with E-state index in [2.05, 4.69) is 18.0 Å². The number of nitrogens with zero attached hydrogens (tertiary/aromatic N) is 1. The number of nitrogen functional groups attached to an aromatic ring is 1. The molecule has 90 valence electrons. The summed E-state index contributed by atoms with van der Waals surface area (Å²) in [5.74, 6) is 0.671. The number of thiophene rings is 1. The fraction of sp³-hybridized carbons (Fsp3) is 0.0714. The third-order valence-corrected chi connectivity index (χ3v) is 4.01. The summed E-state index contributed by atoms with van der Waals surface area (Å²) in [5.41, 5.74) is 8.87. The average Bonchev–Trinajstić information content (AvgIpc) is 2.99. The summed E-state index contributed by atoms with van der Waals surface area (Å²) in [4.78, 5) is 6.44. The van der Waals surface area contributed by atoms with Gasteiger partial charge < -0.3 is 10.2 Å². The fourth-order valence-electron chi connectivity index (χ4n) is 1.85. The van der Waals surface area contributed by atoms with Crippen LogP contribution in [0.2, 0.25) is 0 Å². The van der Waals surface area contributed by atoms with Crippen LogP contribution < -0.4 is 5.73 Å². The Bertz CT molecular complexity index is 654. The highest BCUT2D eigenvalue weighted by molar-refractivity contribution is 7.19. The van der Waals surface area contributed by atoms with Gasteiger partial charge in [0.15, 0.2) is 0 Å². The topological polar surface area (TPSA) is 52.0 Å². The van der Waals surface area contributed by atoms with Crippen molar-refractivity contribution in [1.82, 2.24) is 4.98 Å². The number of rotatable bonds is 2. The predicted molar refractivity (Wildman–Crippen MR) is 74.4 cm³/mol. The second-order valence-corrected chi connectivity index (χ2v) is 5.13. The molecule has 0 bridgehead atoms. The molecule has 2 aromatic heterocycles. The van der Waals surface area contributed by atoms with E-state index in [0.717, 1.165) is 10.6 Å². The van der Waals surface area contributed by atoms with Crippen molar-refractivity contribution in [2.75, 3.05) is 5.73 Å². The van der Waals surface area contributed by atoms with E-state index in [1.54, 1.807) is 23.8 Å². The van der Waals surface area contributed by atoms with Gasteiger partial charge in [0, 0.05) is 10.6 Å². The summed E-state index contributed by atoms with van der Waals surface area (Å²) in [6.07, 6.45) is 3.25. The Morgan fingerprint density at radius 1 is 1.22 bits per heavy atom. The van der Waals surface area contributed by atoms with Crippen molar-refractivity contribution in [1.29, 1.82) is 0 Å². The molecule has 0 aliphatic heterocycles. The normalized spacial score (nSPS) is 10.7. The van der Waals surface area contributed by atoms with Crippen molar-refractivity contribution < 1.29 is 4.42 Å². The molecule has 4 heteroatoms. The van der Waals surface area contributed by atoms with Gasteiger partial charge in [-0.3, -0.25) is 0 Å². The van der Waals surface area contributed by atoms with Gasteiger partial charge in [0.1, 0.15) is 6.26 Å². The highest BCUT2D eigenvalue weighted by Gasteiger charge is 2.11. The van der Waals surface area contributed by atoms with Gasteiger partial charge in [-0.1, -0.05) is 12.1 Å². The minimum Gasteiger partial charge on any atom is -0.444 e. The van der Waals surface area contributed by atoms with Crippen LogP contribution in [0, 0.1) is 6.92 Å². The monoisotopic (exact) mass is 256 g/mol. The molecule has 0 unspecified atom stereocenters. The summed E-state index contributed by atoms with van der Waals surface area (Å²) in [5, 5.41) is 0. The van der Waals surface area contributed by atoms with E-state index in [1.165, 1.54) is 16.0 Å². The van der Waals surface area contributed by atoms with Crippen LogP contribution in [0.25, 0.3) is 21.2 Å². The van der Waals surface area contributed by atoms with Gasteiger partial charge in [-0.25, -0.2) is 4.98 Å². The number of benzene rings is 1. The SMILES string of the molecule is Cc1cc(-c2ncco2)sc1-c1ccc(N)cc1.